The Morgan fingerprint density at radius 3 is 2.43 bits per heavy atom. The summed E-state index contributed by atoms with van der Waals surface area (Å²) in [6.45, 7) is 5.16. The molecule has 77 valence electrons. The predicted octanol–water partition coefficient (Wildman–Crippen LogP) is 4.00. The third kappa shape index (κ3) is 3.56. The normalized spacial score (nSPS) is 10.9. The molecule has 0 aliphatic rings. The summed E-state index contributed by atoms with van der Waals surface area (Å²) in [5, 5.41) is 0. The molecule has 1 nitrogen and oxygen atoms in total. The maximum Gasteiger partial charge on any atom is 0.211 e. The average Bonchev–Trinajstić information content (AvgIpc) is 2.22. The summed E-state index contributed by atoms with van der Waals surface area (Å²) in [6.07, 6.45) is 0. The van der Waals surface area contributed by atoms with Crippen LogP contribution in [0.3, 0.4) is 0 Å². The van der Waals surface area contributed by atoms with Crippen molar-refractivity contribution in [3.8, 4) is 0 Å². The van der Waals surface area contributed by atoms with Gasteiger partial charge in [0, 0.05) is 4.47 Å². The molecule has 0 saturated heterocycles. The average molecular weight is 272 g/mol. The lowest BCUT2D eigenvalue weighted by Gasteiger charge is -2.12. The molecule has 1 aromatic rings. The van der Waals surface area contributed by atoms with Crippen molar-refractivity contribution in [1.29, 1.82) is 0 Å². The molecule has 14 heavy (non-hydrogen) atoms. The molecule has 0 spiro atoms. The summed E-state index contributed by atoms with van der Waals surface area (Å²) in [5.41, 5.74) is 1.25. The van der Waals surface area contributed by atoms with E-state index in [1.165, 1.54) is 17.7 Å². The fourth-order valence-electron chi connectivity index (χ4n) is 1.25. The molecule has 1 radical (unpaired) electrons. The van der Waals surface area contributed by atoms with Crippen molar-refractivity contribution >= 4 is 25.0 Å². The lowest BCUT2D eigenvalue weighted by molar-refractivity contribution is 0.307. The minimum atomic E-state index is -0.558. The molecule has 0 N–H and O–H groups in total. The second-order valence-electron chi connectivity index (χ2n) is 3.13. The molecule has 0 bridgehead atoms. The van der Waals surface area contributed by atoms with Gasteiger partial charge in [0.2, 0.25) is 9.04 Å². The van der Waals surface area contributed by atoms with E-state index in [4.69, 9.17) is 4.43 Å². The van der Waals surface area contributed by atoms with Crippen molar-refractivity contribution in [2.45, 2.75) is 32.5 Å². The van der Waals surface area contributed by atoms with Gasteiger partial charge in [0.15, 0.2) is 0 Å². The van der Waals surface area contributed by atoms with E-state index in [2.05, 4.69) is 41.9 Å². The first-order valence-corrected chi connectivity index (χ1v) is 7.60. The van der Waals surface area contributed by atoms with Crippen LogP contribution in [-0.4, -0.2) is 9.04 Å². The molecule has 0 heterocycles. The third-order valence-corrected chi connectivity index (χ3v) is 5.08. The number of hydrogen-bond donors (Lipinski definition) is 0. The highest BCUT2D eigenvalue weighted by molar-refractivity contribution is 9.10. The van der Waals surface area contributed by atoms with Crippen LogP contribution in [0.25, 0.3) is 0 Å². The molecular formula is C11H16BrOSi. The van der Waals surface area contributed by atoms with Gasteiger partial charge in [0.05, 0.1) is 6.61 Å². The molecule has 0 saturated carbocycles. The van der Waals surface area contributed by atoms with Gasteiger partial charge < -0.3 is 4.43 Å². The zero-order valence-corrected chi connectivity index (χ0v) is 11.3. The Hall–Kier alpha value is -0.123. The Morgan fingerprint density at radius 2 is 1.86 bits per heavy atom. The van der Waals surface area contributed by atoms with Crippen LogP contribution in [0.1, 0.15) is 19.4 Å². The van der Waals surface area contributed by atoms with E-state index in [0.717, 1.165) is 11.1 Å². The summed E-state index contributed by atoms with van der Waals surface area (Å²) < 4.78 is 7.03. The topological polar surface area (TPSA) is 9.23 Å². The van der Waals surface area contributed by atoms with Crippen LogP contribution >= 0.6 is 15.9 Å². The Balaban J connectivity index is 2.49. The highest BCUT2D eigenvalue weighted by Gasteiger charge is 2.08. The van der Waals surface area contributed by atoms with Gasteiger partial charge in [0.1, 0.15) is 0 Å². The van der Waals surface area contributed by atoms with Crippen molar-refractivity contribution in [2.24, 2.45) is 0 Å². The van der Waals surface area contributed by atoms with Crippen LogP contribution in [0, 0.1) is 0 Å². The lowest BCUT2D eigenvalue weighted by atomic mass is 10.2. The maximum atomic E-state index is 5.88. The smallest absolute Gasteiger partial charge is 0.211 e. The molecule has 3 heteroatoms. The van der Waals surface area contributed by atoms with E-state index in [1.807, 2.05) is 12.1 Å². The summed E-state index contributed by atoms with van der Waals surface area (Å²) >= 11 is 3.52. The van der Waals surface area contributed by atoms with Gasteiger partial charge >= 0.3 is 0 Å². The molecule has 0 atom stereocenters. The van der Waals surface area contributed by atoms with Crippen molar-refractivity contribution in [3.63, 3.8) is 0 Å². The first-order chi connectivity index (χ1) is 6.77. The van der Waals surface area contributed by atoms with Crippen LogP contribution in [-0.2, 0) is 11.0 Å². The fourth-order valence-corrected chi connectivity index (χ4v) is 2.92. The molecule has 0 amide bonds. The summed E-state index contributed by atoms with van der Waals surface area (Å²) in [4.78, 5) is 0. The van der Waals surface area contributed by atoms with E-state index in [9.17, 15) is 0 Å². The van der Waals surface area contributed by atoms with Crippen molar-refractivity contribution < 1.29 is 4.43 Å². The summed E-state index contributed by atoms with van der Waals surface area (Å²) in [5.74, 6) is 0. The SMILES string of the molecule is CC[Si](CC)OCc1ccccc1Br. The van der Waals surface area contributed by atoms with Gasteiger partial charge in [-0.3, -0.25) is 0 Å². The largest absolute Gasteiger partial charge is 0.412 e. The zero-order chi connectivity index (χ0) is 10.4. The molecule has 0 aliphatic carbocycles. The van der Waals surface area contributed by atoms with E-state index in [-0.39, 0.29) is 0 Å². The minimum absolute atomic E-state index is 0.558. The lowest BCUT2D eigenvalue weighted by Crippen LogP contribution is -2.14. The van der Waals surface area contributed by atoms with Crippen LogP contribution in [0.5, 0.6) is 0 Å². The first-order valence-electron chi connectivity index (χ1n) is 4.98. The Kier molecular flexibility index (Phi) is 5.44. The van der Waals surface area contributed by atoms with Gasteiger partial charge in [-0.15, -0.1) is 0 Å². The minimum Gasteiger partial charge on any atom is -0.412 e. The third-order valence-electron chi connectivity index (χ3n) is 2.18. The standard InChI is InChI=1S/C11H16BrOSi/c1-3-14(4-2)13-9-10-7-5-6-8-11(10)12/h5-8H,3-4,9H2,1-2H3. The Morgan fingerprint density at radius 1 is 1.21 bits per heavy atom. The van der Waals surface area contributed by atoms with Gasteiger partial charge in [0.25, 0.3) is 0 Å². The molecule has 0 aliphatic heterocycles. The number of hydrogen-bond acceptors (Lipinski definition) is 1. The second kappa shape index (κ2) is 6.38. The molecule has 0 aromatic heterocycles. The van der Waals surface area contributed by atoms with E-state index in [1.54, 1.807) is 0 Å². The van der Waals surface area contributed by atoms with Crippen LogP contribution < -0.4 is 0 Å². The van der Waals surface area contributed by atoms with Crippen LogP contribution in [0.15, 0.2) is 28.7 Å². The summed E-state index contributed by atoms with van der Waals surface area (Å²) in [7, 11) is -0.558. The number of rotatable bonds is 5. The van der Waals surface area contributed by atoms with Crippen molar-refractivity contribution in [3.05, 3.63) is 34.3 Å². The fraction of sp³-hybridized carbons (Fsp3) is 0.455. The van der Waals surface area contributed by atoms with Crippen LogP contribution in [0.4, 0.5) is 0 Å². The monoisotopic (exact) mass is 271 g/mol. The maximum absolute atomic E-state index is 5.88. The quantitative estimate of drug-likeness (QED) is 0.736. The summed E-state index contributed by atoms with van der Waals surface area (Å²) in [6, 6.07) is 10.6. The number of benzene rings is 1. The predicted molar refractivity (Wildman–Crippen MR) is 65.6 cm³/mol. The number of halogens is 1. The van der Waals surface area contributed by atoms with Gasteiger partial charge in [-0.25, -0.2) is 0 Å². The van der Waals surface area contributed by atoms with Crippen molar-refractivity contribution in [1.82, 2.24) is 0 Å². The van der Waals surface area contributed by atoms with E-state index in [0.29, 0.717) is 0 Å². The van der Waals surface area contributed by atoms with Gasteiger partial charge in [-0.1, -0.05) is 48.0 Å². The molecule has 1 aromatic carbocycles. The molecule has 0 fully saturated rings. The van der Waals surface area contributed by atoms with E-state index >= 15 is 0 Å². The van der Waals surface area contributed by atoms with E-state index < -0.39 is 9.04 Å². The molecule has 0 unspecified atom stereocenters. The Bertz CT molecular complexity index is 274. The Labute approximate surface area is 96.3 Å². The zero-order valence-electron chi connectivity index (χ0n) is 8.72. The van der Waals surface area contributed by atoms with Gasteiger partial charge in [-0.05, 0) is 23.7 Å². The first kappa shape index (κ1) is 11.9. The second-order valence-corrected chi connectivity index (χ2v) is 6.76. The van der Waals surface area contributed by atoms with Crippen LogP contribution in [0.2, 0.25) is 12.1 Å². The molecular weight excluding hydrogens is 256 g/mol. The highest BCUT2D eigenvalue weighted by Crippen LogP contribution is 2.17. The highest BCUT2D eigenvalue weighted by atomic mass is 79.9. The molecule has 1 rings (SSSR count). The van der Waals surface area contributed by atoms with Crippen molar-refractivity contribution in [2.75, 3.05) is 0 Å². The van der Waals surface area contributed by atoms with Gasteiger partial charge in [-0.2, -0.15) is 0 Å².